The van der Waals surface area contributed by atoms with E-state index in [0.29, 0.717) is 34.2 Å². The first-order valence-corrected chi connectivity index (χ1v) is 10.9. The highest BCUT2D eigenvalue weighted by Crippen LogP contribution is 2.24. The Hall–Kier alpha value is -5.05. The van der Waals surface area contributed by atoms with E-state index in [0.717, 1.165) is 11.1 Å². The number of furan rings is 2. The molecule has 0 aliphatic rings. The smallest absolute Gasteiger partial charge is 0.355 e. The molecule has 36 heavy (non-hydrogen) atoms. The topological polar surface area (TPSA) is 126 Å². The van der Waals surface area contributed by atoms with Crippen molar-refractivity contribution in [3.63, 3.8) is 0 Å². The highest BCUT2D eigenvalue weighted by Gasteiger charge is 2.08. The molecule has 2 aromatic heterocycles. The highest BCUT2D eigenvalue weighted by atomic mass is 16.3. The summed E-state index contributed by atoms with van der Waals surface area (Å²) in [6.45, 7) is 3.01. The first kappa shape index (κ1) is 24.1. The third-order valence-corrected chi connectivity index (χ3v) is 5.08. The fourth-order valence-electron chi connectivity index (χ4n) is 3.27. The van der Waals surface area contributed by atoms with E-state index in [1.807, 2.05) is 12.1 Å². The van der Waals surface area contributed by atoms with Crippen LogP contribution < -0.4 is 10.9 Å². The van der Waals surface area contributed by atoms with Crippen LogP contribution in [0.5, 0.6) is 0 Å². The number of rotatable bonds is 8. The summed E-state index contributed by atoms with van der Waals surface area (Å²) in [6, 6.07) is 20.4. The molecule has 180 valence electrons. The van der Waals surface area contributed by atoms with Gasteiger partial charge in [-0.15, -0.1) is 0 Å². The second kappa shape index (κ2) is 10.9. The van der Waals surface area contributed by atoms with Gasteiger partial charge in [-0.25, -0.2) is 15.6 Å². The molecule has 9 heteroatoms. The van der Waals surface area contributed by atoms with Gasteiger partial charge in [-0.05, 0) is 50.2 Å². The summed E-state index contributed by atoms with van der Waals surface area (Å²) in [7, 11) is 0. The van der Waals surface area contributed by atoms with E-state index in [1.54, 1.807) is 60.7 Å². The lowest BCUT2D eigenvalue weighted by Gasteiger charge is -2.00. The van der Waals surface area contributed by atoms with Gasteiger partial charge in [0.05, 0.1) is 12.4 Å². The Bertz CT molecular complexity index is 1370. The van der Waals surface area contributed by atoms with Crippen molar-refractivity contribution in [3.05, 3.63) is 95.4 Å². The average molecular weight is 482 g/mol. The SMILES string of the molecule is CC(=O)c1cccc(-c2ccc(/C=N\NC(=O)N/N=C/c3ccc(-c4cccc(C(C)=O)c4)o3)o2)c1. The van der Waals surface area contributed by atoms with Crippen LogP contribution in [0.1, 0.15) is 46.1 Å². The minimum atomic E-state index is -0.663. The van der Waals surface area contributed by atoms with Crippen LogP contribution in [0, 0.1) is 0 Å². The number of urea groups is 1. The molecule has 9 nitrogen and oxygen atoms in total. The number of amides is 2. The molecule has 2 N–H and O–H groups in total. The minimum Gasteiger partial charge on any atom is -0.455 e. The highest BCUT2D eigenvalue weighted by molar-refractivity contribution is 5.95. The zero-order chi connectivity index (χ0) is 25.5. The van der Waals surface area contributed by atoms with E-state index in [1.165, 1.54) is 26.3 Å². The van der Waals surface area contributed by atoms with Crippen molar-refractivity contribution in [2.75, 3.05) is 0 Å². The summed E-state index contributed by atoms with van der Waals surface area (Å²) in [5.41, 5.74) is 7.25. The maximum atomic E-state index is 11.9. The standard InChI is InChI=1S/C27H22N4O5/c1-17(32)19-5-3-7-21(13-19)25-11-9-23(35-25)15-28-30-27(34)31-29-16-24-10-12-26(36-24)22-8-4-6-20(14-22)18(2)33/h3-16H,1-2H3,(H2,30,31,34)/b28-15-,29-16+. The third-order valence-electron chi connectivity index (χ3n) is 5.08. The van der Waals surface area contributed by atoms with E-state index in [4.69, 9.17) is 8.83 Å². The maximum Gasteiger partial charge on any atom is 0.355 e. The molecule has 4 rings (SSSR count). The zero-order valence-electron chi connectivity index (χ0n) is 19.5. The fourth-order valence-corrected chi connectivity index (χ4v) is 3.27. The van der Waals surface area contributed by atoms with Crippen molar-refractivity contribution in [1.82, 2.24) is 10.9 Å². The van der Waals surface area contributed by atoms with Gasteiger partial charge in [-0.1, -0.05) is 36.4 Å². The van der Waals surface area contributed by atoms with Crippen LogP contribution in [0.2, 0.25) is 0 Å². The average Bonchev–Trinajstić information content (AvgIpc) is 3.54. The number of nitrogens with zero attached hydrogens (tertiary/aromatic N) is 2. The molecule has 0 bridgehead atoms. The van der Waals surface area contributed by atoms with Gasteiger partial charge in [0.15, 0.2) is 11.6 Å². The maximum absolute atomic E-state index is 11.9. The van der Waals surface area contributed by atoms with Crippen LogP contribution in [-0.2, 0) is 0 Å². The van der Waals surface area contributed by atoms with Crippen LogP contribution in [-0.4, -0.2) is 30.0 Å². The molecular weight excluding hydrogens is 460 g/mol. The summed E-state index contributed by atoms with van der Waals surface area (Å²) in [6.07, 6.45) is 2.69. The Labute approximate surface area is 206 Å². The first-order valence-electron chi connectivity index (χ1n) is 10.9. The van der Waals surface area contributed by atoms with Crippen molar-refractivity contribution in [3.8, 4) is 22.6 Å². The summed E-state index contributed by atoms with van der Waals surface area (Å²) in [5.74, 6) is 1.90. The van der Waals surface area contributed by atoms with Crippen molar-refractivity contribution in [1.29, 1.82) is 0 Å². The van der Waals surface area contributed by atoms with Crippen LogP contribution >= 0.6 is 0 Å². The van der Waals surface area contributed by atoms with Crippen LogP contribution in [0.4, 0.5) is 4.79 Å². The molecule has 0 radical (unpaired) electrons. The Morgan fingerprint density at radius 3 is 1.53 bits per heavy atom. The summed E-state index contributed by atoms with van der Waals surface area (Å²) in [4.78, 5) is 35.0. The van der Waals surface area contributed by atoms with Crippen LogP contribution in [0.25, 0.3) is 22.6 Å². The number of hydrogen-bond donors (Lipinski definition) is 2. The van der Waals surface area contributed by atoms with Crippen LogP contribution in [0.15, 0.2) is 91.8 Å². The normalized spacial score (nSPS) is 11.2. The minimum absolute atomic E-state index is 0.0324. The van der Waals surface area contributed by atoms with Gasteiger partial charge in [0.1, 0.15) is 23.0 Å². The van der Waals surface area contributed by atoms with E-state index in [9.17, 15) is 14.4 Å². The number of carbonyl (C=O) groups is 3. The molecule has 0 aliphatic heterocycles. The van der Waals surface area contributed by atoms with E-state index >= 15 is 0 Å². The molecule has 0 unspecified atom stereocenters. The van der Waals surface area contributed by atoms with Crippen molar-refractivity contribution in [2.24, 2.45) is 10.2 Å². The summed E-state index contributed by atoms with van der Waals surface area (Å²) in [5, 5.41) is 7.65. The Morgan fingerprint density at radius 2 is 1.11 bits per heavy atom. The lowest BCUT2D eigenvalue weighted by Crippen LogP contribution is -2.28. The van der Waals surface area contributed by atoms with Gasteiger partial charge in [0, 0.05) is 22.3 Å². The second-order valence-corrected chi connectivity index (χ2v) is 7.75. The van der Waals surface area contributed by atoms with E-state index in [2.05, 4.69) is 21.1 Å². The molecule has 0 fully saturated rings. The van der Waals surface area contributed by atoms with Gasteiger partial charge in [0.25, 0.3) is 0 Å². The van der Waals surface area contributed by atoms with Gasteiger partial charge < -0.3 is 8.83 Å². The lowest BCUT2D eigenvalue weighted by molar-refractivity contribution is 0.100. The van der Waals surface area contributed by atoms with Gasteiger partial charge >= 0.3 is 6.03 Å². The number of benzene rings is 2. The zero-order valence-corrected chi connectivity index (χ0v) is 19.5. The van der Waals surface area contributed by atoms with E-state index in [-0.39, 0.29) is 11.6 Å². The van der Waals surface area contributed by atoms with Crippen LogP contribution in [0.3, 0.4) is 0 Å². The number of hydrogen-bond acceptors (Lipinski definition) is 7. The molecule has 2 heterocycles. The predicted molar refractivity (Wildman–Crippen MR) is 135 cm³/mol. The molecule has 0 saturated heterocycles. The number of ketones is 2. The lowest BCUT2D eigenvalue weighted by atomic mass is 10.1. The van der Waals surface area contributed by atoms with Gasteiger partial charge in [-0.3, -0.25) is 9.59 Å². The molecule has 0 aliphatic carbocycles. The predicted octanol–water partition coefficient (Wildman–Crippen LogP) is 5.28. The Kier molecular flexibility index (Phi) is 7.30. The molecule has 0 atom stereocenters. The molecule has 0 spiro atoms. The third kappa shape index (κ3) is 6.09. The molecule has 2 aromatic carbocycles. The monoisotopic (exact) mass is 482 g/mol. The molecule has 2 amide bonds. The fraction of sp³-hybridized carbons (Fsp3) is 0.0741. The summed E-state index contributed by atoms with van der Waals surface area (Å²) < 4.78 is 11.4. The quantitative estimate of drug-likeness (QED) is 0.201. The van der Waals surface area contributed by atoms with Crippen molar-refractivity contribution >= 4 is 30.0 Å². The van der Waals surface area contributed by atoms with Gasteiger partial charge in [-0.2, -0.15) is 10.2 Å². The second-order valence-electron chi connectivity index (χ2n) is 7.75. The van der Waals surface area contributed by atoms with Crippen molar-refractivity contribution in [2.45, 2.75) is 13.8 Å². The molecular formula is C27H22N4O5. The molecule has 4 aromatic rings. The number of carbonyl (C=O) groups excluding carboxylic acids is 3. The first-order chi connectivity index (χ1) is 17.4. The number of nitrogens with one attached hydrogen (secondary N) is 2. The number of Topliss-reactive ketones (excluding diaryl/α,β-unsaturated/α-hetero) is 2. The molecule has 0 saturated carbocycles. The summed E-state index contributed by atoms with van der Waals surface area (Å²) >= 11 is 0. The van der Waals surface area contributed by atoms with Crippen molar-refractivity contribution < 1.29 is 23.2 Å². The Balaban J connectivity index is 1.29. The largest absolute Gasteiger partial charge is 0.455 e. The Morgan fingerprint density at radius 1 is 0.667 bits per heavy atom. The van der Waals surface area contributed by atoms with Gasteiger partial charge in [0.2, 0.25) is 0 Å². The van der Waals surface area contributed by atoms with E-state index < -0.39 is 6.03 Å². The number of hydrazone groups is 2.